The van der Waals surface area contributed by atoms with Gasteiger partial charge in [0, 0.05) is 5.56 Å². The topological polar surface area (TPSA) is 51.0 Å². The Kier molecular flexibility index (Phi) is 2.96. The molecule has 0 aliphatic heterocycles. The van der Waals surface area contributed by atoms with Crippen molar-refractivity contribution in [3.8, 4) is 11.5 Å². The number of rotatable bonds is 3. The molecule has 4 nitrogen and oxygen atoms in total. The van der Waals surface area contributed by atoms with Crippen LogP contribution in [0.1, 0.15) is 18.9 Å². The molecule has 0 fully saturated rings. The number of hydrogen-bond donors (Lipinski definition) is 1. The first kappa shape index (κ1) is 10.8. The normalized spacial score (nSPS) is 12.7. The van der Waals surface area contributed by atoms with Crippen molar-refractivity contribution in [2.45, 2.75) is 13.0 Å². The molecule has 5 heteroatoms. The molecule has 84 valence electrons. The van der Waals surface area contributed by atoms with Gasteiger partial charge in [-0.2, -0.15) is 0 Å². The Balaban J connectivity index is 2.28. The van der Waals surface area contributed by atoms with Crippen LogP contribution in [0.3, 0.4) is 0 Å². The highest BCUT2D eigenvalue weighted by Crippen LogP contribution is 2.20. The first-order chi connectivity index (χ1) is 7.70. The second-order valence-electron chi connectivity index (χ2n) is 3.46. The summed E-state index contributed by atoms with van der Waals surface area (Å²) in [4.78, 5) is 0. The number of hydrogen-bond acceptors (Lipinski definition) is 4. The van der Waals surface area contributed by atoms with Gasteiger partial charge in [-0.25, -0.2) is 4.39 Å². The van der Waals surface area contributed by atoms with E-state index in [9.17, 15) is 4.39 Å². The molecule has 0 aliphatic carbocycles. The smallest absolute Gasteiger partial charge is 0.247 e. The molecular weight excluding hydrogens is 209 g/mol. The Morgan fingerprint density at radius 2 is 1.94 bits per heavy atom. The third kappa shape index (κ3) is 2.09. The molecule has 1 aromatic heterocycles. The Morgan fingerprint density at radius 1 is 1.25 bits per heavy atom. The van der Waals surface area contributed by atoms with E-state index in [0.29, 0.717) is 17.3 Å². The van der Waals surface area contributed by atoms with Crippen LogP contribution in [0.15, 0.2) is 28.7 Å². The third-order valence-corrected chi connectivity index (χ3v) is 2.34. The molecule has 1 N–H and O–H groups in total. The summed E-state index contributed by atoms with van der Waals surface area (Å²) in [5.74, 6) is 0.631. The van der Waals surface area contributed by atoms with Crippen molar-refractivity contribution in [3.05, 3.63) is 36.0 Å². The van der Waals surface area contributed by atoms with Crippen molar-refractivity contribution in [2.24, 2.45) is 0 Å². The Bertz CT molecular complexity index is 466. The predicted octanol–water partition coefficient (Wildman–Crippen LogP) is 2.16. The summed E-state index contributed by atoms with van der Waals surface area (Å²) in [5, 5.41) is 10.8. The van der Waals surface area contributed by atoms with Gasteiger partial charge in [0.1, 0.15) is 5.82 Å². The van der Waals surface area contributed by atoms with Crippen LogP contribution in [0.25, 0.3) is 11.5 Å². The third-order valence-electron chi connectivity index (χ3n) is 2.34. The van der Waals surface area contributed by atoms with E-state index in [1.807, 2.05) is 14.0 Å². The lowest BCUT2D eigenvalue weighted by molar-refractivity contribution is 0.441. The van der Waals surface area contributed by atoms with Crippen LogP contribution in [0.5, 0.6) is 0 Å². The molecule has 1 heterocycles. The zero-order valence-corrected chi connectivity index (χ0v) is 9.07. The highest BCUT2D eigenvalue weighted by Gasteiger charge is 2.12. The first-order valence-electron chi connectivity index (χ1n) is 4.97. The molecular formula is C11H12FN3O. The first-order valence-corrected chi connectivity index (χ1v) is 4.97. The molecule has 16 heavy (non-hydrogen) atoms. The Hall–Kier alpha value is -1.75. The lowest BCUT2D eigenvalue weighted by atomic mass is 10.2. The molecule has 1 atom stereocenters. The quantitative estimate of drug-likeness (QED) is 0.862. The van der Waals surface area contributed by atoms with Gasteiger partial charge in [0.25, 0.3) is 0 Å². The van der Waals surface area contributed by atoms with Gasteiger partial charge in [0.05, 0.1) is 6.04 Å². The molecule has 0 aliphatic rings. The van der Waals surface area contributed by atoms with Gasteiger partial charge in [-0.15, -0.1) is 10.2 Å². The van der Waals surface area contributed by atoms with Gasteiger partial charge in [-0.3, -0.25) is 0 Å². The highest BCUT2D eigenvalue weighted by molar-refractivity contribution is 5.51. The van der Waals surface area contributed by atoms with Gasteiger partial charge in [0.2, 0.25) is 11.8 Å². The molecule has 2 rings (SSSR count). The zero-order valence-electron chi connectivity index (χ0n) is 9.07. The van der Waals surface area contributed by atoms with E-state index < -0.39 is 0 Å². The summed E-state index contributed by atoms with van der Waals surface area (Å²) in [6.07, 6.45) is 0. The minimum atomic E-state index is -0.285. The van der Waals surface area contributed by atoms with Gasteiger partial charge in [0.15, 0.2) is 0 Å². The maximum Gasteiger partial charge on any atom is 0.247 e. The van der Waals surface area contributed by atoms with Crippen LogP contribution in [0, 0.1) is 5.82 Å². The van der Waals surface area contributed by atoms with Crippen molar-refractivity contribution < 1.29 is 8.81 Å². The van der Waals surface area contributed by atoms with E-state index in [1.54, 1.807) is 12.1 Å². The maximum absolute atomic E-state index is 12.7. The van der Waals surface area contributed by atoms with Gasteiger partial charge in [-0.05, 0) is 38.2 Å². The van der Waals surface area contributed by atoms with Gasteiger partial charge < -0.3 is 9.73 Å². The van der Waals surface area contributed by atoms with Gasteiger partial charge in [-0.1, -0.05) is 0 Å². The van der Waals surface area contributed by atoms with Crippen LogP contribution >= 0.6 is 0 Å². The summed E-state index contributed by atoms with van der Waals surface area (Å²) >= 11 is 0. The lowest BCUT2D eigenvalue weighted by Crippen LogP contribution is -2.12. The van der Waals surface area contributed by atoms with Crippen LogP contribution < -0.4 is 5.32 Å². The van der Waals surface area contributed by atoms with E-state index in [2.05, 4.69) is 15.5 Å². The van der Waals surface area contributed by atoms with Crippen LogP contribution in [0.4, 0.5) is 4.39 Å². The van der Waals surface area contributed by atoms with E-state index >= 15 is 0 Å². The summed E-state index contributed by atoms with van der Waals surface area (Å²) in [6, 6.07) is 5.94. The average Bonchev–Trinajstić information content (AvgIpc) is 2.78. The molecule has 0 saturated carbocycles. The van der Waals surface area contributed by atoms with Crippen molar-refractivity contribution in [1.82, 2.24) is 15.5 Å². The van der Waals surface area contributed by atoms with E-state index in [1.165, 1.54) is 12.1 Å². The largest absolute Gasteiger partial charge is 0.419 e. The fourth-order valence-electron chi connectivity index (χ4n) is 1.24. The standard InChI is InChI=1S/C11H12FN3O/c1-7(13-2)10-14-15-11(16-10)8-3-5-9(12)6-4-8/h3-7,13H,1-2H3. The second kappa shape index (κ2) is 4.40. The van der Waals surface area contributed by atoms with Crippen molar-refractivity contribution in [2.75, 3.05) is 7.05 Å². The fraction of sp³-hybridized carbons (Fsp3) is 0.273. The van der Waals surface area contributed by atoms with Crippen LogP contribution in [0.2, 0.25) is 0 Å². The molecule has 0 radical (unpaired) electrons. The van der Waals surface area contributed by atoms with Crippen molar-refractivity contribution in [1.29, 1.82) is 0 Å². The summed E-state index contributed by atoms with van der Waals surface area (Å²) in [6.45, 7) is 1.92. The second-order valence-corrected chi connectivity index (χ2v) is 3.46. The summed E-state index contributed by atoms with van der Waals surface area (Å²) in [7, 11) is 1.81. The molecule has 0 bridgehead atoms. The molecule has 0 amide bonds. The van der Waals surface area contributed by atoms with E-state index in [4.69, 9.17) is 4.42 Å². The minimum Gasteiger partial charge on any atom is -0.419 e. The minimum absolute atomic E-state index is 0.00157. The number of aromatic nitrogens is 2. The van der Waals surface area contributed by atoms with Crippen LogP contribution in [-0.4, -0.2) is 17.2 Å². The predicted molar refractivity (Wildman–Crippen MR) is 57.2 cm³/mol. The number of nitrogens with zero attached hydrogens (tertiary/aromatic N) is 2. The van der Waals surface area contributed by atoms with Gasteiger partial charge >= 0.3 is 0 Å². The fourth-order valence-corrected chi connectivity index (χ4v) is 1.24. The molecule has 0 spiro atoms. The highest BCUT2D eigenvalue weighted by atomic mass is 19.1. The SMILES string of the molecule is CNC(C)c1nnc(-c2ccc(F)cc2)o1. The Labute approximate surface area is 92.5 Å². The lowest BCUT2D eigenvalue weighted by Gasteiger charge is -2.02. The summed E-state index contributed by atoms with van der Waals surface area (Å²) < 4.78 is 18.2. The molecule has 0 saturated heterocycles. The van der Waals surface area contributed by atoms with Crippen molar-refractivity contribution >= 4 is 0 Å². The number of nitrogens with one attached hydrogen (secondary N) is 1. The van der Waals surface area contributed by atoms with Crippen LogP contribution in [-0.2, 0) is 0 Å². The van der Waals surface area contributed by atoms with Crippen molar-refractivity contribution in [3.63, 3.8) is 0 Å². The number of halogens is 1. The maximum atomic E-state index is 12.7. The zero-order chi connectivity index (χ0) is 11.5. The van der Waals surface area contributed by atoms with E-state index in [0.717, 1.165) is 0 Å². The molecule has 1 unspecified atom stereocenters. The number of benzene rings is 1. The van der Waals surface area contributed by atoms with E-state index in [-0.39, 0.29) is 11.9 Å². The summed E-state index contributed by atoms with van der Waals surface area (Å²) in [5.41, 5.74) is 0.712. The monoisotopic (exact) mass is 221 g/mol. The molecule has 1 aromatic carbocycles. The molecule has 2 aromatic rings. The average molecular weight is 221 g/mol. The Morgan fingerprint density at radius 3 is 2.56 bits per heavy atom.